The summed E-state index contributed by atoms with van der Waals surface area (Å²) < 4.78 is 28.8. The lowest BCUT2D eigenvalue weighted by Gasteiger charge is -2.33. The Kier molecular flexibility index (Phi) is 5.37. The Morgan fingerprint density at radius 3 is 2.42 bits per heavy atom. The Balaban J connectivity index is 1.89. The van der Waals surface area contributed by atoms with Gasteiger partial charge < -0.3 is 9.64 Å². The second-order valence-electron chi connectivity index (χ2n) is 7.03. The lowest BCUT2D eigenvalue weighted by atomic mass is 9.84. The molecule has 142 valence electrons. The quantitative estimate of drug-likeness (QED) is 0.751. The van der Waals surface area contributed by atoms with Crippen LogP contribution in [-0.2, 0) is 19.4 Å². The molecule has 3 atom stereocenters. The molecule has 1 aliphatic heterocycles. The van der Waals surface area contributed by atoms with Crippen LogP contribution in [0.2, 0.25) is 0 Å². The van der Waals surface area contributed by atoms with E-state index in [2.05, 4.69) is 0 Å². The van der Waals surface area contributed by atoms with Crippen LogP contribution in [0.3, 0.4) is 0 Å². The third-order valence-electron chi connectivity index (χ3n) is 5.64. The van der Waals surface area contributed by atoms with Crippen molar-refractivity contribution in [1.29, 1.82) is 0 Å². The van der Waals surface area contributed by atoms with Gasteiger partial charge in [0.15, 0.2) is 9.84 Å². The largest absolute Gasteiger partial charge is 0.467 e. The summed E-state index contributed by atoms with van der Waals surface area (Å²) in [6.45, 7) is 1.59. The van der Waals surface area contributed by atoms with Gasteiger partial charge in [0.1, 0.15) is 6.04 Å². The first kappa shape index (κ1) is 18.9. The van der Waals surface area contributed by atoms with Crippen LogP contribution in [0.4, 0.5) is 0 Å². The molecule has 0 aromatic heterocycles. The maximum atomic E-state index is 13.1. The molecule has 6 nitrogen and oxygen atoms in total. The number of methoxy groups -OCH3 is 1. The molecule has 1 amide bonds. The van der Waals surface area contributed by atoms with Crippen LogP contribution >= 0.6 is 0 Å². The highest BCUT2D eigenvalue weighted by molar-refractivity contribution is 7.91. The minimum atomic E-state index is -3.31. The van der Waals surface area contributed by atoms with Gasteiger partial charge in [-0.15, -0.1) is 0 Å². The predicted octanol–water partition coefficient (Wildman–Crippen LogP) is 2.43. The summed E-state index contributed by atoms with van der Waals surface area (Å²) in [6, 6.07) is 5.51. The summed E-state index contributed by atoms with van der Waals surface area (Å²) in [5.41, 5.74) is 0.403. The standard InChI is InChI=1S/C19H25NO5S/c1-3-26(23,24)15-10-8-13(9-11-15)18(21)20-16-7-5-4-6-14(16)12-17(20)19(22)25-2/h8-11,14,16-17H,3-7,12H2,1-2H3. The van der Waals surface area contributed by atoms with Gasteiger partial charge in [-0.3, -0.25) is 4.79 Å². The molecule has 3 unspecified atom stereocenters. The first-order valence-electron chi connectivity index (χ1n) is 9.12. The number of hydrogen-bond donors (Lipinski definition) is 0. The summed E-state index contributed by atoms with van der Waals surface area (Å²) in [5, 5.41) is 0. The number of benzene rings is 1. The summed E-state index contributed by atoms with van der Waals surface area (Å²) in [4.78, 5) is 27.3. The van der Waals surface area contributed by atoms with Crippen molar-refractivity contribution >= 4 is 21.7 Å². The van der Waals surface area contributed by atoms with Crippen LogP contribution in [-0.4, -0.2) is 50.1 Å². The van der Waals surface area contributed by atoms with E-state index in [9.17, 15) is 18.0 Å². The molecule has 1 aromatic rings. The Hall–Kier alpha value is -1.89. The number of carbonyl (C=O) groups excluding carboxylic acids is 2. The average Bonchev–Trinajstić information content (AvgIpc) is 3.06. The maximum absolute atomic E-state index is 13.1. The Morgan fingerprint density at radius 1 is 1.15 bits per heavy atom. The van der Waals surface area contributed by atoms with Crippen LogP contribution in [0.5, 0.6) is 0 Å². The van der Waals surface area contributed by atoms with Crippen LogP contribution in [0.1, 0.15) is 49.4 Å². The van der Waals surface area contributed by atoms with Gasteiger partial charge in [-0.2, -0.15) is 0 Å². The zero-order chi connectivity index (χ0) is 18.9. The topological polar surface area (TPSA) is 80.8 Å². The molecule has 0 radical (unpaired) electrons. The normalized spacial score (nSPS) is 25.6. The number of sulfone groups is 1. The second-order valence-corrected chi connectivity index (χ2v) is 9.31. The molecule has 2 fully saturated rings. The molecule has 3 rings (SSSR count). The van der Waals surface area contributed by atoms with Crippen LogP contribution in [0.25, 0.3) is 0 Å². The average molecular weight is 379 g/mol. The molecule has 1 heterocycles. The van der Waals surface area contributed by atoms with Gasteiger partial charge in [0.05, 0.1) is 17.8 Å². The zero-order valence-corrected chi connectivity index (χ0v) is 16.0. The molecule has 0 spiro atoms. The van der Waals surface area contributed by atoms with Crippen molar-refractivity contribution in [2.75, 3.05) is 12.9 Å². The molecule has 1 aliphatic carbocycles. The highest BCUT2D eigenvalue weighted by atomic mass is 32.2. The van der Waals surface area contributed by atoms with Crippen molar-refractivity contribution in [3.63, 3.8) is 0 Å². The zero-order valence-electron chi connectivity index (χ0n) is 15.2. The number of fused-ring (bicyclic) bond motifs is 1. The predicted molar refractivity (Wildman–Crippen MR) is 96.5 cm³/mol. The van der Waals surface area contributed by atoms with Gasteiger partial charge in [0.25, 0.3) is 5.91 Å². The summed E-state index contributed by atoms with van der Waals surface area (Å²) >= 11 is 0. The van der Waals surface area contributed by atoms with E-state index in [1.807, 2.05) is 0 Å². The Morgan fingerprint density at radius 2 is 1.81 bits per heavy atom. The van der Waals surface area contributed by atoms with Crippen molar-refractivity contribution in [2.24, 2.45) is 5.92 Å². The van der Waals surface area contributed by atoms with Gasteiger partial charge >= 0.3 is 5.97 Å². The highest BCUT2D eigenvalue weighted by Gasteiger charge is 2.48. The number of carbonyl (C=O) groups is 2. The van der Waals surface area contributed by atoms with Crippen molar-refractivity contribution < 1.29 is 22.7 Å². The van der Waals surface area contributed by atoms with E-state index in [0.29, 0.717) is 17.9 Å². The molecule has 2 aliphatic rings. The van der Waals surface area contributed by atoms with Crippen molar-refractivity contribution in [3.8, 4) is 0 Å². The number of esters is 1. The fourth-order valence-corrected chi connectivity index (χ4v) is 5.10. The van der Waals surface area contributed by atoms with E-state index in [0.717, 1.165) is 25.7 Å². The molecule has 0 N–H and O–H groups in total. The van der Waals surface area contributed by atoms with Crippen molar-refractivity contribution in [3.05, 3.63) is 29.8 Å². The minimum Gasteiger partial charge on any atom is -0.467 e. The fraction of sp³-hybridized carbons (Fsp3) is 0.579. The lowest BCUT2D eigenvalue weighted by Crippen LogP contribution is -2.46. The first-order valence-corrected chi connectivity index (χ1v) is 10.8. The number of nitrogens with zero attached hydrogens (tertiary/aromatic N) is 1. The molecule has 7 heteroatoms. The number of rotatable bonds is 4. The first-order chi connectivity index (χ1) is 12.4. The van der Waals surface area contributed by atoms with Gasteiger partial charge in [-0.25, -0.2) is 13.2 Å². The molecule has 1 saturated heterocycles. The fourth-order valence-electron chi connectivity index (χ4n) is 4.22. The smallest absolute Gasteiger partial charge is 0.328 e. The van der Waals surface area contributed by atoms with Gasteiger partial charge in [-0.05, 0) is 49.4 Å². The molecule has 1 saturated carbocycles. The van der Waals surface area contributed by atoms with Crippen LogP contribution in [0.15, 0.2) is 29.2 Å². The third kappa shape index (κ3) is 3.37. The molecule has 1 aromatic carbocycles. The summed E-state index contributed by atoms with van der Waals surface area (Å²) in [5.74, 6) is -0.259. The van der Waals surface area contributed by atoms with Crippen LogP contribution < -0.4 is 0 Å². The van der Waals surface area contributed by atoms with E-state index < -0.39 is 15.9 Å². The molecule has 0 bridgehead atoms. The van der Waals surface area contributed by atoms with E-state index in [1.54, 1.807) is 11.8 Å². The number of likely N-dealkylation sites (tertiary alicyclic amines) is 1. The minimum absolute atomic E-state index is 0.0145. The summed E-state index contributed by atoms with van der Waals surface area (Å²) in [7, 11) is -1.96. The Bertz CT molecular complexity index is 787. The van der Waals surface area contributed by atoms with E-state index in [-0.39, 0.29) is 28.6 Å². The second kappa shape index (κ2) is 7.39. The Labute approximate surface area is 154 Å². The summed E-state index contributed by atoms with van der Waals surface area (Å²) in [6.07, 6.45) is 4.74. The van der Waals surface area contributed by atoms with Crippen LogP contribution in [0, 0.1) is 5.92 Å². The third-order valence-corrected chi connectivity index (χ3v) is 7.39. The number of hydrogen-bond acceptors (Lipinski definition) is 5. The van der Waals surface area contributed by atoms with Gasteiger partial charge in [-0.1, -0.05) is 19.8 Å². The SMILES string of the molecule is CCS(=O)(=O)c1ccc(C(=O)N2C(C(=O)OC)CC3CCCCC32)cc1. The monoisotopic (exact) mass is 379 g/mol. The van der Waals surface area contributed by atoms with Crippen molar-refractivity contribution in [2.45, 2.75) is 56.0 Å². The van der Waals surface area contributed by atoms with Gasteiger partial charge in [0, 0.05) is 11.6 Å². The van der Waals surface area contributed by atoms with Crippen molar-refractivity contribution in [1.82, 2.24) is 4.90 Å². The molecular weight excluding hydrogens is 354 g/mol. The van der Waals surface area contributed by atoms with E-state index >= 15 is 0 Å². The molecular formula is C19H25NO5S. The lowest BCUT2D eigenvalue weighted by molar-refractivity contribution is -0.145. The van der Waals surface area contributed by atoms with E-state index in [1.165, 1.54) is 31.4 Å². The molecule has 26 heavy (non-hydrogen) atoms. The maximum Gasteiger partial charge on any atom is 0.328 e. The van der Waals surface area contributed by atoms with Gasteiger partial charge in [0.2, 0.25) is 0 Å². The number of ether oxygens (including phenoxy) is 1. The highest BCUT2D eigenvalue weighted by Crippen LogP contribution is 2.40. The number of amides is 1. The van der Waals surface area contributed by atoms with E-state index in [4.69, 9.17) is 4.74 Å².